The predicted molar refractivity (Wildman–Crippen MR) is 78.5 cm³/mol. The van der Waals surface area contributed by atoms with Crippen molar-refractivity contribution < 1.29 is 14.1 Å². The number of hydrogen-bond acceptors (Lipinski definition) is 5. The van der Waals surface area contributed by atoms with E-state index in [1.54, 1.807) is 0 Å². The van der Waals surface area contributed by atoms with E-state index in [9.17, 15) is 4.79 Å². The van der Waals surface area contributed by atoms with Gasteiger partial charge in [-0.3, -0.25) is 10.2 Å². The molecule has 1 amide bonds. The molecule has 0 saturated carbocycles. The normalized spacial score (nSPS) is 10.7. The van der Waals surface area contributed by atoms with E-state index >= 15 is 0 Å². The molecular formula is C15H19N3O3. The number of para-hydroxylation sites is 1. The lowest BCUT2D eigenvalue weighted by molar-refractivity contribution is 0.0944. The lowest BCUT2D eigenvalue weighted by atomic mass is 10.1. The maximum Gasteiger partial charge on any atom is 0.287 e. The van der Waals surface area contributed by atoms with Crippen molar-refractivity contribution in [3.63, 3.8) is 0 Å². The number of carbonyl (C=O) groups excluding carboxylic acids is 1. The molecule has 2 aromatic rings. The lowest BCUT2D eigenvalue weighted by Gasteiger charge is -2.10. The molecule has 112 valence electrons. The van der Waals surface area contributed by atoms with Gasteiger partial charge in [-0.15, -0.1) is 0 Å². The Morgan fingerprint density at radius 3 is 2.90 bits per heavy atom. The number of carbonyl (C=O) groups is 1. The first kappa shape index (κ1) is 15.1. The zero-order valence-electron chi connectivity index (χ0n) is 12.1. The quantitative estimate of drug-likeness (QED) is 0.484. The molecule has 6 heteroatoms. The van der Waals surface area contributed by atoms with Crippen LogP contribution in [0.4, 0.5) is 0 Å². The summed E-state index contributed by atoms with van der Waals surface area (Å²) in [6, 6.07) is 9.01. The van der Waals surface area contributed by atoms with Crippen LogP contribution in [0, 0.1) is 5.92 Å². The summed E-state index contributed by atoms with van der Waals surface area (Å²) < 4.78 is 11.0. The van der Waals surface area contributed by atoms with Crippen LogP contribution >= 0.6 is 0 Å². The molecule has 0 bridgehead atoms. The van der Waals surface area contributed by atoms with E-state index in [0.29, 0.717) is 24.0 Å². The zero-order chi connectivity index (χ0) is 15.2. The number of ether oxygens (including phenoxy) is 1. The van der Waals surface area contributed by atoms with Gasteiger partial charge >= 0.3 is 0 Å². The minimum absolute atomic E-state index is 0.129. The second-order valence-electron chi connectivity index (χ2n) is 5.08. The minimum Gasteiger partial charge on any atom is -0.493 e. The summed E-state index contributed by atoms with van der Waals surface area (Å²) in [4.78, 5) is 11.4. The first-order valence-corrected chi connectivity index (χ1v) is 6.81. The third kappa shape index (κ3) is 3.82. The number of aromatic nitrogens is 1. The van der Waals surface area contributed by atoms with Gasteiger partial charge in [0.2, 0.25) is 0 Å². The van der Waals surface area contributed by atoms with Crippen molar-refractivity contribution in [2.24, 2.45) is 11.8 Å². The Balaban J connectivity index is 2.19. The molecule has 0 saturated heterocycles. The molecular weight excluding hydrogens is 270 g/mol. The highest BCUT2D eigenvalue weighted by Gasteiger charge is 2.15. The molecule has 0 atom stereocenters. The van der Waals surface area contributed by atoms with Crippen molar-refractivity contribution in [2.45, 2.75) is 20.3 Å². The highest BCUT2D eigenvalue weighted by molar-refractivity contribution is 5.92. The summed E-state index contributed by atoms with van der Waals surface area (Å²) in [5.74, 6) is 6.31. The number of nitrogens with two attached hydrogens (primary N) is 1. The van der Waals surface area contributed by atoms with Gasteiger partial charge < -0.3 is 9.26 Å². The van der Waals surface area contributed by atoms with E-state index in [-0.39, 0.29) is 5.69 Å². The van der Waals surface area contributed by atoms with Crippen LogP contribution in [0.15, 0.2) is 34.9 Å². The summed E-state index contributed by atoms with van der Waals surface area (Å²) in [5, 5.41) is 3.69. The lowest BCUT2D eigenvalue weighted by Crippen LogP contribution is -2.30. The number of nitrogens with zero attached hydrogens (tertiary/aromatic N) is 1. The molecule has 0 aliphatic rings. The molecule has 0 unspecified atom stereocenters. The van der Waals surface area contributed by atoms with Crippen molar-refractivity contribution in [1.29, 1.82) is 0 Å². The second-order valence-corrected chi connectivity index (χ2v) is 5.08. The SMILES string of the molecule is CC(C)CCOc1ccccc1-c1cc(C(=O)NN)no1. The van der Waals surface area contributed by atoms with Crippen LogP contribution in [0.5, 0.6) is 5.75 Å². The molecule has 0 fully saturated rings. The second kappa shape index (κ2) is 6.90. The number of amides is 1. The molecule has 0 aliphatic heterocycles. The standard InChI is InChI=1S/C15H19N3O3/c1-10(2)7-8-20-13-6-4-3-5-11(13)14-9-12(18-21-14)15(19)17-16/h3-6,9-10H,7-8,16H2,1-2H3,(H,17,19). The monoisotopic (exact) mass is 289 g/mol. The Kier molecular flexibility index (Phi) is 4.94. The van der Waals surface area contributed by atoms with Crippen molar-refractivity contribution >= 4 is 5.91 Å². The molecule has 21 heavy (non-hydrogen) atoms. The average molecular weight is 289 g/mol. The number of nitrogen functional groups attached to an aromatic ring is 1. The van der Waals surface area contributed by atoms with Crippen LogP contribution in [0.1, 0.15) is 30.8 Å². The van der Waals surface area contributed by atoms with Crippen LogP contribution in [-0.2, 0) is 0 Å². The number of rotatable bonds is 6. The highest BCUT2D eigenvalue weighted by atomic mass is 16.5. The summed E-state index contributed by atoms with van der Waals surface area (Å²) in [7, 11) is 0. The molecule has 1 aromatic carbocycles. The van der Waals surface area contributed by atoms with Crippen molar-refractivity contribution in [2.75, 3.05) is 6.61 Å². The molecule has 1 aromatic heterocycles. The van der Waals surface area contributed by atoms with E-state index < -0.39 is 5.91 Å². The van der Waals surface area contributed by atoms with E-state index in [4.69, 9.17) is 15.1 Å². The van der Waals surface area contributed by atoms with E-state index in [1.807, 2.05) is 29.7 Å². The van der Waals surface area contributed by atoms with Gasteiger partial charge in [0.15, 0.2) is 11.5 Å². The van der Waals surface area contributed by atoms with E-state index in [0.717, 1.165) is 12.0 Å². The first-order valence-electron chi connectivity index (χ1n) is 6.81. The van der Waals surface area contributed by atoms with Gasteiger partial charge in [-0.05, 0) is 24.5 Å². The highest BCUT2D eigenvalue weighted by Crippen LogP contribution is 2.30. The third-order valence-corrected chi connectivity index (χ3v) is 2.98. The number of benzene rings is 1. The topological polar surface area (TPSA) is 90.4 Å². The van der Waals surface area contributed by atoms with Gasteiger partial charge in [0.25, 0.3) is 5.91 Å². The molecule has 0 radical (unpaired) electrons. The van der Waals surface area contributed by atoms with Gasteiger partial charge in [0.05, 0.1) is 12.2 Å². The molecule has 0 aliphatic carbocycles. The van der Waals surface area contributed by atoms with Crippen LogP contribution in [0.25, 0.3) is 11.3 Å². The van der Waals surface area contributed by atoms with Crippen LogP contribution < -0.4 is 16.0 Å². The fourth-order valence-electron chi connectivity index (χ4n) is 1.78. The fourth-order valence-corrected chi connectivity index (χ4v) is 1.78. The van der Waals surface area contributed by atoms with Crippen molar-refractivity contribution in [1.82, 2.24) is 10.6 Å². The maximum atomic E-state index is 11.4. The van der Waals surface area contributed by atoms with E-state index in [2.05, 4.69) is 19.0 Å². The van der Waals surface area contributed by atoms with Gasteiger partial charge in [-0.2, -0.15) is 0 Å². The van der Waals surface area contributed by atoms with E-state index in [1.165, 1.54) is 6.07 Å². The Bertz CT molecular complexity index is 608. The molecule has 3 N–H and O–H groups in total. The maximum absolute atomic E-state index is 11.4. The molecule has 6 nitrogen and oxygen atoms in total. The predicted octanol–water partition coefficient (Wildman–Crippen LogP) is 2.37. The fraction of sp³-hybridized carbons (Fsp3) is 0.333. The van der Waals surface area contributed by atoms with Gasteiger partial charge in [0, 0.05) is 6.07 Å². The van der Waals surface area contributed by atoms with Gasteiger partial charge in [-0.25, -0.2) is 5.84 Å². The average Bonchev–Trinajstić information content (AvgIpc) is 2.96. The number of nitrogens with one attached hydrogen (secondary N) is 1. The summed E-state index contributed by atoms with van der Waals surface area (Å²) in [6.07, 6.45) is 0.964. The Morgan fingerprint density at radius 2 is 2.19 bits per heavy atom. The summed E-state index contributed by atoms with van der Waals surface area (Å²) in [6.45, 7) is 4.91. The summed E-state index contributed by atoms with van der Waals surface area (Å²) >= 11 is 0. The molecule has 2 rings (SSSR count). The van der Waals surface area contributed by atoms with Crippen molar-refractivity contribution in [3.05, 3.63) is 36.0 Å². The molecule has 0 spiro atoms. The Labute approximate surface area is 123 Å². The van der Waals surface area contributed by atoms with Crippen LogP contribution in [0.3, 0.4) is 0 Å². The first-order chi connectivity index (χ1) is 10.1. The zero-order valence-corrected chi connectivity index (χ0v) is 12.1. The third-order valence-electron chi connectivity index (χ3n) is 2.98. The molecule has 1 heterocycles. The minimum atomic E-state index is -0.497. The van der Waals surface area contributed by atoms with Crippen LogP contribution in [0.2, 0.25) is 0 Å². The Morgan fingerprint density at radius 1 is 1.43 bits per heavy atom. The van der Waals surface area contributed by atoms with Gasteiger partial charge in [-0.1, -0.05) is 31.1 Å². The number of hydrazine groups is 1. The van der Waals surface area contributed by atoms with Gasteiger partial charge in [0.1, 0.15) is 5.75 Å². The van der Waals surface area contributed by atoms with Crippen molar-refractivity contribution in [3.8, 4) is 17.1 Å². The number of hydrogen-bond donors (Lipinski definition) is 2. The largest absolute Gasteiger partial charge is 0.493 e. The summed E-state index contributed by atoms with van der Waals surface area (Å²) in [5.41, 5.74) is 2.90. The Hall–Kier alpha value is -2.34. The smallest absolute Gasteiger partial charge is 0.287 e. The van der Waals surface area contributed by atoms with Crippen LogP contribution in [-0.4, -0.2) is 17.7 Å².